The highest BCUT2D eigenvalue weighted by Gasteiger charge is 2.16. The molecule has 21 heavy (non-hydrogen) atoms. The van der Waals surface area contributed by atoms with Crippen molar-refractivity contribution in [1.82, 2.24) is 9.29 Å². The SMILES string of the molecule is Cc1cc(=O)c(O)c(CNS(=O)(=O)c2ccccc2)n1C. The van der Waals surface area contributed by atoms with Crippen LogP contribution in [0.3, 0.4) is 0 Å². The van der Waals surface area contributed by atoms with E-state index in [1.54, 1.807) is 36.7 Å². The second-order valence-electron chi connectivity index (χ2n) is 4.64. The topological polar surface area (TPSA) is 88.4 Å². The standard InChI is InChI=1S/C14H16N2O4S/c1-10-8-13(17)14(18)12(16(10)2)9-15-21(19,20)11-6-4-3-5-7-11/h3-8,15,18H,9H2,1-2H3. The van der Waals surface area contributed by atoms with E-state index in [1.807, 2.05) is 0 Å². The maximum atomic E-state index is 12.1. The summed E-state index contributed by atoms with van der Waals surface area (Å²) >= 11 is 0. The summed E-state index contributed by atoms with van der Waals surface area (Å²) in [6, 6.07) is 9.19. The molecule has 0 aliphatic carbocycles. The molecule has 0 bridgehead atoms. The highest BCUT2D eigenvalue weighted by Crippen LogP contribution is 2.14. The molecule has 0 aliphatic heterocycles. The minimum Gasteiger partial charge on any atom is -0.503 e. The van der Waals surface area contributed by atoms with E-state index in [2.05, 4.69) is 4.72 Å². The fourth-order valence-corrected chi connectivity index (χ4v) is 2.93. The summed E-state index contributed by atoms with van der Waals surface area (Å²) in [5.41, 5.74) is 0.325. The summed E-state index contributed by atoms with van der Waals surface area (Å²) in [5, 5.41) is 9.80. The van der Waals surface area contributed by atoms with Crippen molar-refractivity contribution in [3.63, 3.8) is 0 Å². The summed E-state index contributed by atoms with van der Waals surface area (Å²) in [5.74, 6) is -0.445. The predicted molar refractivity (Wildman–Crippen MR) is 78.6 cm³/mol. The first kappa shape index (κ1) is 15.3. The third-order valence-corrected chi connectivity index (χ3v) is 4.68. The summed E-state index contributed by atoms with van der Waals surface area (Å²) in [7, 11) is -2.04. The Morgan fingerprint density at radius 3 is 2.48 bits per heavy atom. The summed E-state index contributed by atoms with van der Waals surface area (Å²) in [4.78, 5) is 11.7. The molecule has 1 aromatic carbocycles. The van der Waals surface area contributed by atoms with E-state index in [1.165, 1.54) is 18.2 Å². The van der Waals surface area contributed by atoms with Gasteiger partial charge in [0, 0.05) is 18.8 Å². The molecule has 6 nitrogen and oxygen atoms in total. The minimum atomic E-state index is -3.69. The lowest BCUT2D eigenvalue weighted by Crippen LogP contribution is -2.26. The zero-order valence-corrected chi connectivity index (χ0v) is 12.5. The average Bonchev–Trinajstić information content (AvgIpc) is 2.46. The molecule has 2 rings (SSSR count). The molecule has 2 aromatic rings. The molecule has 0 saturated heterocycles. The average molecular weight is 308 g/mol. The summed E-state index contributed by atoms with van der Waals surface area (Å²) < 4.78 is 28.2. The van der Waals surface area contributed by atoms with Crippen LogP contribution in [0.5, 0.6) is 5.75 Å². The molecule has 0 atom stereocenters. The number of rotatable bonds is 4. The number of benzene rings is 1. The summed E-state index contributed by atoms with van der Waals surface area (Å²) in [6.45, 7) is 1.53. The zero-order valence-electron chi connectivity index (χ0n) is 11.7. The van der Waals surface area contributed by atoms with Crippen molar-refractivity contribution in [2.24, 2.45) is 7.05 Å². The highest BCUT2D eigenvalue weighted by atomic mass is 32.2. The van der Waals surface area contributed by atoms with Gasteiger partial charge in [0.1, 0.15) is 0 Å². The molecule has 0 aliphatic rings. The Morgan fingerprint density at radius 1 is 1.24 bits per heavy atom. The largest absolute Gasteiger partial charge is 0.503 e. The quantitative estimate of drug-likeness (QED) is 0.877. The Bertz CT molecular complexity index is 811. The van der Waals surface area contributed by atoms with Crippen LogP contribution in [-0.2, 0) is 23.6 Å². The number of hydrogen-bond acceptors (Lipinski definition) is 4. The van der Waals surface area contributed by atoms with E-state index in [-0.39, 0.29) is 17.1 Å². The van der Waals surface area contributed by atoms with Gasteiger partial charge < -0.3 is 9.67 Å². The van der Waals surface area contributed by atoms with Crippen molar-refractivity contribution >= 4 is 10.0 Å². The van der Waals surface area contributed by atoms with Crippen LogP contribution in [0.4, 0.5) is 0 Å². The van der Waals surface area contributed by atoms with Crippen molar-refractivity contribution in [3.8, 4) is 5.75 Å². The fourth-order valence-electron chi connectivity index (χ4n) is 1.92. The molecule has 0 unspecified atom stereocenters. The van der Waals surface area contributed by atoms with Gasteiger partial charge in [0.15, 0.2) is 5.75 Å². The molecule has 0 saturated carbocycles. The third-order valence-electron chi connectivity index (χ3n) is 3.26. The Balaban J connectivity index is 2.31. The number of nitrogens with one attached hydrogen (secondary N) is 1. The van der Waals surface area contributed by atoms with Gasteiger partial charge in [0.2, 0.25) is 15.5 Å². The lowest BCUT2D eigenvalue weighted by atomic mass is 10.2. The van der Waals surface area contributed by atoms with Gasteiger partial charge >= 0.3 is 0 Å². The van der Waals surface area contributed by atoms with Crippen LogP contribution in [0.2, 0.25) is 0 Å². The van der Waals surface area contributed by atoms with Crippen molar-refractivity contribution in [3.05, 3.63) is 58.0 Å². The van der Waals surface area contributed by atoms with Crippen LogP contribution < -0.4 is 10.2 Å². The fraction of sp³-hybridized carbons (Fsp3) is 0.214. The number of pyridine rings is 1. The van der Waals surface area contributed by atoms with E-state index >= 15 is 0 Å². The maximum absolute atomic E-state index is 12.1. The molecule has 7 heteroatoms. The monoisotopic (exact) mass is 308 g/mol. The lowest BCUT2D eigenvalue weighted by molar-refractivity contribution is 0.450. The third kappa shape index (κ3) is 3.14. The number of aryl methyl sites for hydroxylation is 1. The molecule has 2 N–H and O–H groups in total. The Kier molecular flexibility index (Phi) is 4.15. The zero-order chi connectivity index (χ0) is 15.6. The maximum Gasteiger partial charge on any atom is 0.240 e. The molecule has 0 amide bonds. The number of aromatic nitrogens is 1. The lowest BCUT2D eigenvalue weighted by Gasteiger charge is -2.14. The number of aromatic hydroxyl groups is 1. The van der Waals surface area contributed by atoms with Gasteiger partial charge in [0.25, 0.3) is 0 Å². The van der Waals surface area contributed by atoms with Crippen LogP contribution in [0.15, 0.2) is 46.1 Å². The number of hydrogen-bond donors (Lipinski definition) is 2. The van der Waals surface area contributed by atoms with Crippen molar-refractivity contribution in [2.75, 3.05) is 0 Å². The van der Waals surface area contributed by atoms with E-state index in [4.69, 9.17) is 0 Å². The smallest absolute Gasteiger partial charge is 0.240 e. The number of nitrogens with zero attached hydrogens (tertiary/aromatic N) is 1. The van der Waals surface area contributed by atoms with Crippen LogP contribution in [-0.4, -0.2) is 18.1 Å². The Morgan fingerprint density at radius 2 is 1.86 bits per heavy atom. The molecular formula is C14H16N2O4S. The van der Waals surface area contributed by atoms with E-state index in [0.717, 1.165) is 0 Å². The van der Waals surface area contributed by atoms with Gasteiger partial charge in [-0.2, -0.15) is 0 Å². The van der Waals surface area contributed by atoms with E-state index in [0.29, 0.717) is 5.69 Å². The molecule has 0 spiro atoms. The molecule has 1 aromatic heterocycles. The van der Waals surface area contributed by atoms with Crippen molar-refractivity contribution in [2.45, 2.75) is 18.4 Å². The van der Waals surface area contributed by atoms with Gasteiger partial charge in [-0.1, -0.05) is 18.2 Å². The van der Waals surface area contributed by atoms with Crippen LogP contribution in [0.25, 0.3) is 0 Å². The van der Waals surface area contributed by atoms with Crippen LogP contribution >= 0.6 is 0 Å². The first-order valence-electron chi connectivity index (χ1n) is 6.26. The molecule has 112 valence electrons. The molecule has 0 fully saturated rings. The van der Waals surface area contributed by atoms with Gasteiger partial charge in [-0.25, -0.2) is 13.1 Å². The van der Waals surface area contributed by atoms with Crippen molar-refractivity contribution in [1.29, 1.82) is 0 Å². The highest BCUT2D eigenvalue weighted by molar-refractivity contribution is 7.89. The molecule has 1 heterocycles. The van der Waals surface area contributed by atoms with Crippen LogP contribution in [0.1, 0.15) is 11.4 Å². The van der Waals surface area contributed by atoms with E-state index < -0.39 is 21.2 Å². The summed E-state index contributed by atoms with van der Waals surface area (Å²) in [6.07, 6.45) is 0. The molecular weight excluding hydrogens is 292 g/mol. The predicted octanol–water partition coefficient (Wildman–Crippen LogP) is 0.878. The molecule has 0 radical (unpaired) electrons. The second kappa shape index (κ2) is 5.71. The van der Waals surface area contributed by atoms with Gasteiger partial charge in [-0.15, -0.1) is 0 Å². The van der Waals surface area contributed by atoms with Crippen LogP contribution in [0, 0.1) is 6.92 Å². The van der Waals surface area contributed by atoms with Gasteiger partial charge in [-0.05, 0) is 19.1 Å². The van der Waals surface area contributed by atoms with Gasteiger partial charge in [0.05, 0.1) is 17.1 Å². The number of sulfonamides is 1. The Hall–Kier alpha value is -2.12. The van der Waals surface area contributed by atoms with Crippen molar-refractivity contribution < 1.29 is 13.5 Å². The first-order valence-corrected chi connectivity index (χ1v) is 7.74. The van der Waals surface area contributed by atoms with Gasteiger partial charge in [-0.3, -0.25) is 4.79 Å². The Labute approximate surface area is 122 Å². The van der Waals surface area contributed by atoms with E-state index in [9.17, 15) is 18.3 Å². The first-order chi connectivity index (χ1) is 9.83. The normalized spacial score (nSPS) is 11.5. The minimum absolute atomic E-state index is 0.127. The second-order valence-corrected chi connectivity index (χ2v) is 6.41.